The molecular formula is C8H13FO. The van der Waals surface area contributed by atoms with Gasteiger partial charge in [-0.15, -0.1) is 0 Å². The molecule has 1 saturated carbocycles. The Morgan fingerprint density at radius 2 is 2.00 bits per heavy atom. The van der Waals surface area contributed by atoms with Crippen LogP contribution in [0.1, 0.15) is 25.7 Å². The molecule has 0 saturated heterocycles. The third kappa shape index (κ3) is 1.81. The zero-order valence-electron chi connectivity index (χ0n) is 6.02. The van der Waals surface area contributed by atoms with Gasteiger partial charge in [0.05, 0.1) is 6.10 Å². The highest BCUT2D eigenvalue weighted by Gasteiger charge is 2.21. The molecule has 0 amide bonds. The van der Waals surface area contributed by atoms with Gasteiger partial charge >= 0.3 is 0 Å². The molecule has 0 radical (unpaired) electrons. The molecule has 0 aromatic rings. The highest BCUT2D eigenvalue weighted by atomic mass is 19.1. The fourth-order valence-electron chi connectivity index (χ4n) is 1.19. The molecule has 1 aliphatic carbocycles. The molecule has 0 heterocycles. The number of aliphatic hydroxyl groups excluding tert-OH is 1. The molecule has 0 unspecified atom stereocenters. The number of aliphatic hydroxyl groups is 1. The largest absolute Gasteiger partial charge is 0.390 e. The van der Waals surface area contributed by atoms with Crippen LogP contribution in [0.2, 0.25) is 0 Å². The second-order valence-corrected chi connectivity index (χ2v) is 2.91. The number of alkyl halides is 1. The first kappa shape index (κ1) is 7.73. The van der Waals surface area contributed by atoms with E-state index in [2.05, 4.69) is 6.58 Å². The third-order valence-electron chi connectivity index (χ3n) is 1.98. The maximum absolute atomic E-state index is 12.7. The highest BCUT2D eigenvalue weighted by Crippen LogP contribution is 2.23. The van der Waals surface area contributed by atoms with Gasteiger partial charge in [0.2, 0.25) is 0 Å². The number of halogens is 1. The summed E-state index contributed by atoms with van der Waals surface area (Å²) in [4.78, 5) is 0. The summed E-state index contributed by atoms with van der Waals surface area (Å²) >= 11 is 0. The Hall–Kier alpha value is -0.370. The van der Waals surface area contributed by atoms with Crippen molar-refractivity contribution in [1.82, 2.24) is 0 Å². The van der Waals surface area contributed by atoms with Crippen LogP contribution in [0.3, 0.4) is 0 Å². The third-order valence-corrected chi connectivity index (χ3v) is 1.98. The molecule has 2 heteroatoms. The lowest BCUT2D eigenvalue weighted by atomic mass is 10.1. The normalized spacial score (nSPS) is 35.6. The van der Waals surface area contributed by atoms with E-state index in [-0.39, 0.29) is 0 Å². The summed E-state index contributed by atoms with van der Waals surface area (Å²) in [6, 6.07) is 0. The van der Waals surface area contributed by atoms with Gasteiger partial charge in [-0.1, -0.05) is 12.2 Å². The molecule has 0 bridgehead atoms. The lowest BCUT2D eigenvalue weighted by Crippen LogP contribution is -2.19. The fraction of sp³-hybridized carbons (Fsp3) is 0.750. The summed E-state index contributed by atoms with van der Waals surface area (Å²) in [6.07, 6.45) is 0.721. The summed E-state index contributed by atoms with van der Waals surface area (Å²) in [5, 5.41) is 9.06. The molecule has 0 aromatic heterocycles. The molecule has 1 aliphatic rings. The van der Waals surface area contributed by atoms with Gasteiger partial charge in [0, 0.05) is 0 Å². The van der Waals surface area contributed by atoms with E-state index in [0.29, 0.717) is 12.8 Å². The van der Waals surface area contributed by atoms with Crippen molar-refractivity contribution < 1.29 is 9.50 Å². The van der Waals surface area contributed by atoms with Crippen LogP contribution in [0.15, 0.2) is 12.2 Å². The Morgan fingerprint density at radius 1 is 1.40 bits per heavy atom. The van der Waals surface area contributed by atoms with Crippen LogP contribution in [-0.2, 0) is 0 Å². The van der Waals surface area contributed by atoms with Crippen LogP contribution in [-0.4, -0.2) is 17.4 Å². The van der Waals surface area contributed by atoms with Gasteiger partial charge in [0.15, 0.2) is 0 Å². The lowest BCUT2D eigenvalue weighted by molar-refractivity contribution is 0.0725. The van der Waals surface area contributed by atoms with Gasteiger partial charge in [-0.3, -0.25) is 0 Å². The molecule has 58 valence electrons. The Balaban J connectivity index is 2.46. The molecule has 0 spiro atoms. The molecule has 0 aliphatic heterocycles. The van der Waals surface area contributed by atoms with E-state index in [1.165, 1.54) is 0 Å². The summed E-state index contributed by atoms with van der Waals surface area (Å²) in [6.45, 7) is 3.77. The first-order valence-electron chi connectivity index (χ1n) is 3.69. The Kier molecular flexibility index (Phi) is 2.44. The van der Waals surface area contributed by atoms with E-state index in [4.69, 9.17) is 5.11 Å². The minimum absolute atomic E-state index is 0.444. The average Bonchev–Trinajstić information content (AvgIpc) is 2.04. The van der Waals surface area contributed by atoms with Crippen molar-refractivity contribution in [2.24, 2.45) is 0 Å². The van der Waals surface area contributed by atoms with Gasteiger partial charge in [0.25, 0.3) is 0 Å². The monoisotopic (exact) mass is 144 g/mol. The molecule has 10 heavy (non-hydrogen) atoms. The van der Waals surface area contributed by atoms with Crippen LogP contribution in [0.5, 0.6) is 0 Å². The highest BCUT2D eigenvalue weighted by molar-refractivity contribution is 4.98. The summed E-state index contributed by atoms with van der Waals surface area (Å²) in [5.41, 5.74) is 1.07. The number of rotatable bonds is 0. The molecule has 1 rings (SSSR count). The van der Waals surface area contributed by atoms with Crippen molar-refractivity contribution in [3.63, 3.8) is 0 Å². The van der Waals surface area contributed by atoms with Crippen LogP contribution in [0.25, 0.3) is 0 Å². The van der Waals surface area contributed by atoms with E-state index in [1.807, 2.05) is 0 Å². The van der Waals surface area contributed by atoms with Gasteiger partial charge in [-0.25, -0.2) is 4.39 Å². The van der Waals surface area contributed by atoms with Gasteiger partial charge in [-0.2, -0.15) is 0 Å². The van der Waals surface area contributed by atoms with Gasteiger partial charge in [-0.05, 0) is 25.7 Å². The molecule has 2 atom stereocenters. The van der Waals surface area contributed by atoms with Crippen molar-refractivity contribution in [2.75, 3.05) is 0 Å². The topological polar surface area (TPSA) is 20.2 Å². The number of hydrogen-bond acceptors (Lipinski definition) is 1. The minimum atomic E-state index is -1.03. The maximum Gasteiger partial charge on any atom is 0.126 e. The summed E-state index contributed by atoms with van der Waals surface area (Å²) in [7, 11) is 0. The quantitative estimate of drug-likeness (QED) is 0.406. The Labute approximate surface area is 60.6 Å². The van der Waals surface area contributed by atoms with E-state index in [1.54, 1.807) is 0 Å². The zero-order chi connectivity index (χ0) is 7.56. The van der Waals surface area contributed by atoms with Crippen molar-refractivity contribution in [1.29, 1.82) is 0 Å². The average molecular weight is 144 g/mol. The first-order valence-corrected chi connectivity index (χ1v) is 3.69. The Morgan fingerprint density at radius 3 is 2.70 bits per heavy atom. The van der Waals surface area contributed by atoms with Crippen molar-refractivity contribution >= 4 is 0 Å². The zero-order valence-corrected chi connectivity index (χ0v) is 6.02. The minimum Gasteiger partial charge on any atom is -0.390 e. The van der Waals surface area contributed by atoms with E-state index in [9.17, 15) is 4.39 Å². The summed E-state index contributed by atoms with van der Waals surface area (Å²) in [5.74, 6) is 0. The van der Waals surface area contributed by atoms with Crippen molar-refractivity contribution in [3.8, 4) is 0 Å². The van der Waals surface area contributed by atoms with Crippen LogP contribution >= 0.6 is 0 Å². The van der Waals surface area contributed by atoms with Crippen LogP contribution in [0.4, 0.5) is 4.39 Å². The Bertz CT molecular complexity index is 119. The molecule has 1 nitrogen and oxygen atoms in total. The molecule has 1 fully saturated rings. The molecule has 1 N–H and O–H groups in total. The van der Waals surface area contributed by atoms with E-state index in [0.717, 1.165) is 18.4 Å². The van der Waals surface area contributed by atoms with Crippen LogP contribution < -0.4 is 0 Å². The predicted octanol–water partition coefficient (Wildman–Crippen LogP) is 1.82. The van der Waals surface area contributed by atoms with Crippen molar-refractivity contribution in [3.05, 3.63) is 12.2 Å². The van der Waals surface area contributed by atoms with E-state index < -0.39 is 12.3 Å². The van der Waals surface area contributed by atoms with Gasteiger partial charge < -0.3 is 5.11 Å². The van der Waals surface area contributed by atoms with Crippen molar-refractivity contribution in [2.45, 2.75) is 38.0 Å². The predicted molar refractivity (Wildman–Crippen MR) is 38.5 cm³/mol. The van der Waals surface area contributed by atoms with Crippen LogP contribution in [0, 0.1) is 0 Å². The number of hydrogen-bond donors (Lipinski definition) is 1. The molecule has 0 aromatic carbocycles. The fourth-order valence-corrected chi connectivity index (χ4v) is 1.19. The molecular weight excluding hydrogens is 131 g/mol. The second-order valence-electron chi connectivity index (χ2n) is 2.91. The lowest BCUT2D eigenvalue weighted by Gasteiger charge is -2.09. The summed E-state index contributed by atoms with van der Waals surface area (Å²) < 4.78 is 12.7. The number of allylic oxidation sites excluding steroid dienone is 1. The second kappa shape index (κ2) is 3.15. The SMILES string of the molecule is C=C1CC[C@@H](O)[C@@H](F)CC1. The van der Waals surface area contributed by atoms with Gasteiger partial charge in [0.1, 0.15) is 6.17 Å². The van der Waals surface area contributed by atoms with E-state index >= 15 is 0 Å². The first-order chi connectivity index (χ1) is 4.70. The standard InChI is InChI=1S/C8H13FO/c1-6-2-4-7(9)8(10)5-3-6/h7-8,10H,1-5H2/t7-,8+/m0/s1. The smallest absolute Gasteiger partial charge is 0.126 e. The maximum atomic E-state index is 12.7.